The molecule has 136 valence electrons. The molecular weight excluding hydrogens is 342 g/mol. The number of ether oxygens (including phenoxy) is 2. The lowest BCUT2D eigenvalue weighted by Crippen LogP contribution is -2.34. The molecule has 1 saturated heterocycles. The maximum Gasteiger partial charge on any atom is 0.514 e. The lowest BCUT2D eigenvalue weighted by Gasteiger charge is -2.25. The van der Waals surface area contributed by atoms with E-state index in [4.69, 9.17) is 21.1 Å². The highest BCUT2D eigenvalue weighted by atomic mass is 35.5. The molecule has 0 saturated carbocycles. The molecule has 1 heterocycles. The van der Waals surface area contributed by atoms with E-state index in [0.717, 1.165) is 32.4 Å². The summed E-state index contributed by atoms with van der Waals surface area (Å²) < 4.78 is 10.4. The van der Waals surface area contributed by atoms with Crippen LogP contribution < -0.4 is 4.74 Å². The number of hydrogen-bond acceptors (Lipinski definition) is 4. The number of halogens is 1. The van der Waals surface area contributed by atoms with E-state index < -0.39 is 11.8 Å². The van der Waals surface area contributed by atoms with Crippen LogP contribution in [-0.2, 0) is 9.53 Å². The first-order valence-electron chi connectivity index (χ1n) is 8.42. The molecule has 6 heteroatoms. The Hall–Kier alpha value is -2.01. The number of carbonyl (C=O) groups excluding carboxylic acids is 2. The molecule has 0 spiro atoms. The lowest BCUT2D eigenvalue weighted by atomic mass is 10.1. The normalized spacial score (nSPS) is 15.3. The molecule has 0 bridgehead atoms. The smallest absolute Gasteiger partial charge is 0.428 e. The summed E-state index contributed by atoms with van der Waals surface area (Å²) >= 11 is 6.02. The summed E-state index contributed by atoms with van der Waals surface area (Å²) in [6, 6.07) is 4.84. The fourth-order valence-electron chi connectivity index (χ4n) is 2.48. The molecule has 5 nitrogen and oxygen atoms in total. The Balaban J connectivity index is 2.11. The molecular formula is C19H24ClNO4. The first-order valence-corrected chi connectivity index (χ1v) is 8.80. The van der Waals surface area contributed by atoms with Crippen LogP contribution in [0, 0.1) is 0 Å². The van der Waals surface area contributed by atoms with Crippen molar-refractivity contribution in [2.45, 2.75) is 45.6 Å². The minimum atomic E-state index is -0.799. The first kappa shape index (κ1) is 19.3. The van der Waals surface area contributed by atoms with E-state index >= 15 is 0 Å². The number of nitrogens with zero attached hydrogens (tertiary/aromatic N) is 1. The van der Waals surface area contributed by atoms with Crippen molar-refractivity contribution in [3.05, 3.63) is 34.9 Å². The zero-order valence-electron chi connectivity index (χ0n) is 14.9. The molecule has 0 aliphatic carbocycles. The number of hydrogen-bond donors (Lipinski definition) is 0. The molecule has 0 aromatic heterocycles. The van der Waals surface area contributed by atoms with E-state index in [1.807, 2.05) is 4.90 Å². The number of carbonyl (C=O) groups is 2. The van der Waals surface area contributed by atoms with E-state index in [-0.39, 0.29) is 5.91 Å². The summed E-state index contributed by atoms with van der Waals surface area (Å²) in [5, 5.41) is 0.488. The first-order chi connectivity index (χ1) is 11.7. The summed E-state index contributed by atoms with van der Waals surface area (Å²) in [5.41, 5.74) is -0.104. The van der Waals surface area contributed by atoms with Crippen LogP contribution in [0.2, 0.25) is 5.02 Å². The third kappa shape index (κ3) is 6.42. The van der Waals surface area contributed by atoms with Crippen LogP contribution in [0.5, 0.6) is 5.75 Å². The van der Waals surface area contributed by atoms with Gasteiger partial charge in [0.2, 0.25) is 5.91 Å². The van der Waals surface area contributed by atoms with Crippen molar-refractivity contribution in [2.24, 2.45) is 0 Å². The second-order valence-electron chi connectivity index (χ2n) is 6.97. The zero-order valence-corrected chi connectivity index (χ0v) is 15.6. The second-order valence-corrected chi connectivity index (χ2v) is 7.40. The molecule has 1 amide bonds. The molecule has 2 rings (SSSR count). The Morgan fingerprint density at radius 3 is 2.48 bits per heavy atom. The van der Waals surface area contributed by atoms with Gasteiger partial charge in [-0.05, 0) is 64.3 Å². The minimum Gasteiger partial charge on any atom is -0.428 e. The summed E-state index contributed by atoms with van der Waals surface area (Å²) in [6.45, 7) is 6.83. The van der Waals surface area contributed by atoms with Crippen molar-refractivity contribution >= 4 is 29.7 Å². The van der Waals surface area contributed by atoms with Gasteiger partial charge in [0.15, 0.2) is 0 Å². The second kappa shape index (κ2) is 8.39. The molecule has 0 N–H and O–H groups in total. The lowest BCUT2D eigenvalue weighted by molar-refractivity contribution is -0.126. The van der Waals surface area contributed by atoms with Crippen LogP contribution in [0.4, 0.5) is 4.79 Å². The van der Waals surface area contributed by atoms with E-state index in [0.29, 0.717) is 16.3 Å². The quantitative estimate of drug-likeness (QED) is 0.443. The average Bonchev–Trinajstić information content (AvgIpc) is 2.54. The number of piperidine rings is 1. The van der Waals surface area contributed by atoms with Gasteiger partial charge in [-0.25, -0.2) is 4.79 Å². The highest BCUT2D eigenvalue weighted by Crippen LogP contribution is 2.25. The molecule has 1 aliphatic heterocycles. The van der Waals surface area contributed by atoms with E-state index in [2.05, 4.69) is 0 Å². The van der Waals surface area contributed by atoms with Crippen LogP contribution in [0.15, 0.2) is 24.3 Å². The summed E-state index contributed by atoms with van der Waals surface area (Å²) in [5.74, 6) is 0.240. The Morgan fingerprint density at radius 2 is 1.84 bits per heavy atom. The summed E-state index contributed by atoms with van der Waals surface area (Å²) in [6.07, 6.45) is 5.52. The Labute approximate surface area is 153 Å². The number of rotatable bonds is 3. The van der Waals surface area contributed by atoms with Gasteiger partial charge in [0.25, 0.3) is 0 Å². The van der Waals surface area contributed by atoms with Crippen molar-refractivity contribution < 1.29 is 19.1 Å². The number of likely N-dealkylation sites (tertiary alicyclic amines) is 1. The summed E-state index contributed by atoms with van der Waals surface area (Å²) in [7, 11) is 0. The molecule has 0 unspecified atom stereocenters. The minimum absolute atomic E-state index is 0.0529. The maximum absolute atomic E-state index is 12.3. The van der Waals surface area contributed by atoms with Crippen LogP contribution in [0.1, 0.15) is 45.6 Å². The molecule has 25 heavy (non-hydrogen) atoms. The molecule has 0 atom stereocenters. The van der Waals surface area contributed by atoms with Gasteiger partial charge in [0.05, 0.1) is 0 Å². The van der Waals surface area contributed by atoms with Gasteiger partial charge in [0.1, 0.15) is 11.4 Å². The summed E-state index contributed by atoms with van der Waals surface area (Å²) in [4.78, 5) is 25.9. The molecule has 0 radical (unpaired) electrons. The third-order valence-electron chi connectivity index (χ3n) is 3.63. The van der Waals surface area contributed by atoms with Gasteiger partial charge in [-0.3, -0.25) is 4.79 Å². The van der Waals surface area contributed by atoms with Crippen molar-refractivity contribution in [1.29, 1.82) is 0 Å². The van der Waals surface area contributed by atoms with E-state index in [1.165, 1.54) is 6.08 Å². The van der Waals surface area contributed by atoms with Crippen LogP contribution in [0.3, 0.4) is 0 Å². The predicted molar refractivity (Wildman–Crippen MR) is 97.8 cm³/mol. The molecule has 1 aromatic rings. The van der Waals surface area contributed by atoms with Crippen LogP contribution in [0.25, 0.3) is 6.08 Å². The molecule has 1 fully saturated rings. The van der Waals surface area contributed by atoms with Gasteiger partial charge in [-0.1, -0.05) is 11.6 Å². The highest BCUT2D eigenvalue weighted by Gasteiger charge is 2.19. The maximum atomic E-state index is 12.3. The van der Waals surface area contributed by atoms with E-state index in [9.17, 15) is 9.59 Å². The Morgan fingerprint density at radius 1 is 1.16 bits per heavy atom. The Bertz CT molecular complexity index is 658. The highest BCUT2D eigenvalue weighted by molar-refractivity contribution is 6.30. The van der Waals surface area contributed by atoms with Gasteiger partial charge in [-0.15, -0.1) is 0 Å². The van der Waals surface area contributed by atoms with Crippen molar-refractivity contribution in [3.8, 4) is 5.75 Å². The van der Waals surface area contributed by atoms with Gasteiger partial charge in [-0.2, -0.15) is 0 Å². The standard InChI is InChI=1S/C19H24ClNO4/c1-19(2,3)25-18(23)24-16-9-8-15(20)13-14(16)7-10-17(22)21-11-5-4-6-12-21/h7-10,13H,4-6,11-12H2,1-3H3/b10-7+. The molecule has 1 aliphatic rings. The van der Waals surface area contributed by atoms with Gasteiger partial charge >= 0.3 is 6.16 Å². The largest absolute Gasteiger partial charge is 0.514 e. The van der Waals surface area contributed by atoms with Crippen molar-refractivity contribution in [1.82, 2.24) is 4.90 Å². The van der Waals surface area contributed by atoms with Gasteiger partial charge in [0, 0.05) is 29.8 Å². The van der Waals surface area contributed by atoms with E-state index in [1.54, 1.807) is 45.0 Å². The van der Waals surface area contributed by atoms with Crippen molar-refractivity contribution in [2.75, 3.05) is 13.1 Å². The average molecular weight is 366 g/mol. The number of benzene rings is 1. The zero-order chi connectivity index (χ0) is 18.4. The van der Waals surface area contributed by atoms with Gasteiger partial charge < -0.3 is 14.4 Å². The van der Waals surface area contributed by atoms with Crippen LogP contribution >= 0.6 is 11.6 Å². The SMILES string of the molecule is CC(C)(C)OC(=O)Oc1ccc(Cl)cc1/C=C/C(=O)N1CCCCC1. The third-order valence-corrected chi connectivity index (χ3v) is 3.86. The Kier molecular flexibility index (Phi) is 6.48. The topological polar surface area (TPSA) is 55.8 Å². The van der Waals surface area contributed by atoms with Crippen LogP contribution in [-0.4, -0.2) is 35.7 Å². The molecule has 1 aromatic carbocycles. The number of amides is 1. The fourth-order valence-corrected chi connectivity index (χ4v) is 2.66. The van der Waals surface area contributed by atoms with Crippen molar-refractivity contribution in [3.63, 3.8) is 0 Å². The fraction of sp³-hybridized carbons (Fsp3) is 0.474. The monoisotopic (exact) mass is 365 g/mol. The predicted octanol–water partition coefficient (Wildman–Crippen LogP) is 4.68.